The van der Waals surface area contributed by atoms with E-state index < -0.39 is 29.7 Å². The Morgan fingerprint density at radius 2 is 1.68 bits per heavy atom. The van der Waals surface area contributed by atoms with Crippen molar-refractivity contribution in [3.05, 3.63) is 70.7 Å². The summed E-state index contributed by atoms with van der Waals surface area (Å²) in [6.45, 7) is -0.375. The molecule has 4 amide bonds. The number of carbonyl (C=O) groups is 3. The third-order valence-electron chi connectivity index (χ3n) is 4.12. The quantitative estimate of drug-likeness (QED) is 0.759. The van der Waals surface area contributed by atoms with E-state index in [1.165, 1.54) is 24.3 Å². The van der Waals surface area contributed by atoms with Crippen LogP contribution in [0.4, 0.5) is 18.0 Å². The van der Waals surface area contributed by atoms with E-state index in [1.807, 2.05) is 0 Å². The van der Waals surface area contributed by atoms with Crippen molar-refractivity contribution in [1.29, 1.82) is 0 Å². The van der Waals surface area contributed by atoms with Crippen molar-refractivity contribution in [2.45, 2.75) is 18.4 Å². The van der Waals surface area contributed by atoms with Crippen LogP contribution in [0, 0.1) is 0 Å². The number of carbonyl (C=O) groups excluding carboxylic acids is 3. The first-order valence-electron chi connectivity index (χ1n) is 7.97. The van der Waals surface area contributed by atoms with Gasteiger partial charge in [0, 0.05) is 10.6 Å². The molecule has 2 aromatic rings. The highest BCUT2D eigenvalue weighted by Crippen LogP contribution is 2.34. The summed E-state index contributed by atoms with van der Waals surface area (Å²) in [6.07, 6.45) is -5.27. The van der Waals surface area contributed by atoms with Gasteiger partial charge < -0.3 is 5.32 Å². The number of nitrogens with one attached hydrogen (secondary N) is 2. The van der Waals surface area contributed by atoms with Crippen molar-refractivity contribution in [1.82, 2.24) is 15.5 Å². The van der Waals surface area contributed by atoms with Gasteiger partial charge >= 0.3 is 12.2 Å². The summed E-state index contributed by atoms with van der Waals surface area (Å²) in [5, 5.41) is 3.51. The Balaban J connectivity index is 1.91. The molecular weight excluding hydrogens is 399 g/mol. The monoisotopic (exact) mass is 411 g/mol. The lowest BCUT2D eigenvalue weighted by atomic mass is 10.1. The van der Waals surface area contributed by atoms with Gasteiger partial charge in [-0.25, -0.2) is 4.79 Å². The molecule has 0 aromatic heterocycles. The maximum atomic E-state index is 13.8. The van der Waals surface area contributed by atoms with Crippen LogP contribution in [-0.2, 0) is 11.3 Å². The molecular formula is C18H13ClF3N3O3. The highest BCUT2D eigenvalue weighted by atomic mass is 35.5. The maximum absolute atomic E-state index is 13.8. The smallest absolute Gasteiger partial charge is 0.314 e. The SMILES string of the molecule is O=C(N[C@@]1(C(F)(F)F)NC(=O)N(Cc2ccccc2)C1=O)c1ccc(Cl)cc1. The van der Waals surface area contributed by atoms with Crippen LogP contribution in [0.2, 0.25) is 5.02 Å². The molecule has 1 aliphatic rings. The Morgan fingerprint density at radius 1 is 1.07 bits per heavy atom. The fourth-order valence-corrected chi connectivity index (χ4v) is 2.80. The van der Waals surface area contributed by atoms with E-state index in [0.717, 1.165) is 0 Å². The maximum Gasteiger partial charge on any atom is 0.440 e. The lowest BCUT2D eigenvalue weighted by Gasteiger charge is -2.29. The Kier molecular flexibility index (Phi) is 5.03. The molecule has 1 fully saturated rings. The molecule has 2 N–H and O–H groups in total. The molecule has 1 atom stereocenters. The Labute approximate surface area is 162 Å². The summed E-state index contributed by atoms with van der Waals surface area (Å²) in [6, 6.07) is 11.8. The van der Waals surface area contributed by atoms with Gasteiger partial charge in [-0.1, -0.05) is 41.9 Å². The standard InChI is InChI=1S/C18H13ClF3N3O3/c19-13-8-6-12(7-9-13)14(26)23-17(18(20,21)22)15(27)25(16(28)24-17)10-11-4-2-1-3-5-11/h1-9H,10H2,(H,23,26)(H,24,28)/t17-/m1/s1. The van der Waals surface area contributed by atoms with Crippen LogP contribution in [0.25, 0.3) is 0 Å². The van der Waals surface area contributed by atoms with E-state index in [1.54, 1.807) is 41.0 Å². The second-order valence-corrected chi connectivity index (χ2v) is 6.45. The predicted octanol–water partition coefficient (Wildman–Crippen LogP) is 3.08. The molecule has 1 saturated heterocycles. The molecule has 0 radical (unpaired) electrons. The number of halogens is 4. The van der Waals surface area contributed by atoms with Crippen molar-refractivity contribution in [2.75, 3.05) is 0 Å². The van der Waals surface area contributed by atoms with Crippen LogP contribution in [-0.4, -0.2) is 34.6 Å². The van der Waals surface area contributed by atoms with E-state index in [-0.39, 0.29) is 17.1 Å². The van der Waals surface area contributed by atoms with Crippen molar-refractivity contribution >= 4 is 29.4 Å². The van der Waals surface area contributed by atoms with Crippen LogP contribution in [0.3, 0.4) is 0 Å². The summed E-state index contributed by atoms with van der Waals surface area (Å²) in [5.41, 5.74) is -3.26. The molecule has 0 aliphatic carbocycles. The Morgan fingerprint density at radius 3 is 2.25 bits per heavy atom. The average molecular weight is 412 g/mol. The fraction of sp³-hybridized carbons (Fsp3) is 0.167. The summed E-state index contributed by atoms with van der Waals surface area (Å²) in [7, 11) is 0. The van der Waals surface area contributed by atoms with Gasteiger partial charge in [-0.15, -0.1) is 0 Å². The number of alkyl halides is 3. The number of imide groups is 1. The molecule has 3 rings (SSSR count). The summed E-state index contributed by atoms with van der Waals surface area (Å²) >= 11 is 5.70. The summed E-state index contributed by atoms with van der Waals surface area (Å²) < 4.78 is 41.4. The van der Waals surface area contributed by atoms with Crippen LogP contribution in [0.5, 0.6) is 0 Å². The van der Waals surface area contributed by atoms with Crippen molar-refractivity contribution < 1.29 is 27.6 Å². The summed E-state index contributed by atoms with van der Waals surface area (Å²) in [4.78, 5) is 37.4. The Bertz CT molecular complexity index is 919. The van der Waals surface area contributed by atoms with E-state index in [2.05, 4.69) is 0 Å². The third kappa shape index (κ3) is 3.53. The second-order valence-electron chi connectivity index (χ2n) is 6.02. The van der Waals surface area contributed by atoms with Gasteiger partial charge in [0.05, 0.1) is 6.54 Å². The van der Waals surface area contributed by atoms with Crippen LogP contribution < -0.4 is 10.6 Å². The van der Waals surface area contributed by atoms with Gasteiger partial charge in [0.25, 0.3) is 17.5 Å². The van der Waals surface area contributed by atoms with Gasteiger partial charge in [0.2, 0.25) is 0 Å². The highest BCUT2D eigenvalue weighted by Gasteiger charge is 2.68. The predicted molar refractivity (Wildman–Crippen MR) is 93.2 cm³/mol. The van der Waals surface area contributed by atoms with Crippen LogP contribution in [0.15, 0.2) is 54.6 Å². The molecule has 0 bridgehead atoms. The molecule has 10 heteroatoms. The zero-order chi connectivity index (χ0) is 20.5. The molecule has 1 heterocycles. The van der Waals surface area contributed by atoms with Gasteiger partial charge in [0.1, 0.15) is 0 Å². The third-order valence-corrected chi connectivity index (χ3v) is 4.37. The topological polar surface area (TPSA) is 78.5 Å². The molecule has 6 nitrogen and oxygen atoms in total. The van der Waals surface area contributed by atoms with E-state index in [9.17, 15) is 27.6 Å². The van der Waals surface area contributed by atoms with Crippen molar-refractivity contribution in [3.63, 3.8) is 0 Å². The molecule has 2 aromatic carbocycles. The van der Waals surface area contributed by atoms with Gasteiger partial charge in [0.15, 0.2) is 0 Å². The van der Waals surface area contributed by atoms with Crippen molar-refractivity contribution in [2.24, 2.45) is 0 Å². The van der Waals surface area contributed by atoms with E-state index in [0.29, 0.717) is 10.5 Å². The number of hydrogen-bond donors (Lipinski definition) is 2. The number of rotatable bonds is 4. The number of amides is 4. The highest BCUT2D eigenvalue weighted by molar-refractivity contribution is 6.30. The fourth-order valence-electron chi connectivity index (χ4n) is 2.68. The van der Waals surface area contributed by atoms with Crippen molar-refractivity contribution in [3.8, 4) is 0 Å². The molecule has 0 unspecified atom stereocenters. The normalized spacial score (nSPS) is 19.5. The minimum Gasteiger partial charge on any atom is -0.314 e. The first-order chi connectivity index (χ1) is 13.1. The first-order valence-corrected chi connectivity index (χ1v) is 8.35. The number of nitrogens with zero attached hydrogens (tertiary/aromatic N) is 1. The second kappa shape index (κ2) is 7.16. The zero-order valence-corrected chi connectivity index (χ0v) is 14.8. The number of urea groups is 1. The average Bonchev–Trinajstić information content (AvgIpc) is 2.88. The van der Waals surface area contributed by atoms with E-state index >= 15 is 0 Å². The molecule has 0 saturated carbocycles. The largest absolute Gasteiger partial charge is 0.440 e. The zero-order valence-electron chi connectivity index (χ0n) is 14.1. The lowest BCUT2D eigenvalue weighted by molar-refractivity contribution is -0.200. The number of hydrogen-bond acceptors (Lipinski definition) is 3. The van der Waals surface area contributed by atoms with Gasteiger partial charge in [-0.2, -0.15) is 13.2 Å². The van der Waals surface area contributed by atoms with Crippen LogP contribution >= 0.6 is 11.6 Å². The Hall–Kier alpha value is -3.07. The first kappa shape index (κ1) is 19.7. The minimum absolute atomic E-state index is 0.156. The summed E-state index contributed by atoms with van der Waals surface area (Å²) in [5.74, 6) is -2.81. The van der Waals surface area contributed by atoms with E-state index in [4.69, 9.17) is 11.6 Å². The lowest BCUT2D eigenvalue weighted by Crippen LogP contribution is -2.69. The van der Waals surface area contributed by atoms with Gasteiger partial charge in [-0.3, -0.25) is 19.8 Å². The number of benzene rings is 2. The van der Waals surface area contributed by atoms with Crippen LogP contribution in [0.1, 0.15) is 15.9 Å². The van der Waals surface area contributed by atoms with Gasteiger partial charge in [-0.05, 0) is 29.8 Å². The molecule has 28 heavy (non-hydrogen) atoms. The molecule has 0 spiro atoms. The molecule has 146 valence electrons. The minimum atomic E-state index is -5.27. The molecule has 1 aliphatic heterocycles.